The molecule has 8 nitrogen and oxygen atoms in total. The fraction of sp³-hybridized carbons (Fsp3) is 0.150. The topological polar surface area (TPSA) is 94.5 Å². The zero-order valence-electron chi connectivity index (χ0n) is 15.5. The molecule has 1 aromatic heterocycles. The van der Waals surface area contributed by atoms with Crippen LogP contribution < -0.4 is 20.3 Å². The predicted molar refractivity (Wildman–Crippen MR) is 103 cm³/mol. The van der Waals surface area contributed by atoms with Crippen molar-refractivity contribution in [1.29, 1.82) is 0 Å². The van der Waals surface area contributed by atoms with Crippen LogP contribution in [0, 0.1) is 0 Å². The van der Waals surface area contributed by atoms with Crippen molar-refractivity contribution in [2.75, 3.05) is 13.7 Å². The number of methoxy groups -OCH3 is 1. The van der Waals surface area contributed by atoms with Gasteiger partial charge in [0.15, 0.2) is 11.4 Å². The summed E-state index contributed by atoms with van der Waals surface area (Å²) in [6.45, 7) is 2.42. The monoisotopic (exact) mass is 380 g/mol. The summed E-state index contributed by atoms with van der Waals surface area (Å²) in [6, 6.07) is 15.9. The molecule has 2 amide bonds. The average molecular weight is 380 g/mol. The second-order valence-corrected chi connectivity index (χ2v) is 5.69. The Kier molecular flexibility index (Phi) is 5.91. The van der Waals surface area contributed by atoms with Crippen LogP contribution in [0.3, 0.4) is 0 Å². The number of hydrogen-bond acceptors (Lipinski definition) is 5. The molecule has 144 valence electrons. The van der Waals surface area contributed by atoms with Gasteiger partial charge in [0.05, 0.1) is 25.6 Å². The molecule has 0 fully saturated rings. The standard InChI is InChI=1S/C20H20N4O4/c1-3-28-16-11-9-14(10-12-16)19(25)21-22-20(26)18-17(27-2)13-24(23-18)15-7-5-4-6-8-15/h4-13H,3H2,1-2H3,(H,21,25)(H,22,26). The van der Waals surface area contributed by atoms with Crippen LogP contribution in [0.1, 0.15) is 27.8 Å². The van der Waals surface area contributed by atoms with E-state index in [0.717, 1.165) is 5.69 Å². The number of carbonyl (C=O) groups is 2. The fourth-order valence-corrected chi connectivity index (χ4v) is 2.49. The molecule has 0 saturated carbocycles. The predicted octanol–water partition coefficient (Wildman–Crippen LogP) is 2.35. The smallest absolute Gasteiger partial charge is 0.294 e. The van der Waals surface area contributed by atoms with Crippen LogP contribution in [0.4, 0.5) is 0 Å². The van der Waals surface area contributed by atoms with E-state index in [4.69, 9.17) is 9.47 Å². The third-order valence-corrected chi connectivity index (χ3v) is 3.85. The first-order valence-corrected chi connectivity index (χ1v) is 8.65. The van der Waals surface area contributed by atoms with E-state index in [-0.39, 0.29) is 11.4 Å². The number of nitrogens with zero attached hydrogens (tertiary/aromatic N) is 2. The minimum Gasteiger partial charge on any atom is -0.494 e. The minimum absolute atomic E-state index is 0.0540. The first-order chi connectivity index (χ1) is 13.6. The van der Waals surface area contributed by atoms with E-state index in [1.165, 1.54) is 11.8 Å². The molecule has 0 spiro atoms. The van der Waals surface area contributed by atoms with Crippen molar-refractivity contribution in [1.82, 2.24) is 20.6 Å². The number of benzene rings is 2. The highest BCUT2D eigenvalue weighted by Gasteiger charge is 2.19. The van der Waals surface area contributed by atoms with Crippen molar-refractivity contribution in [3.8, 4) is 17.2 Å². The van der Waals surface area contributed by atoms with Gasteiger partial charge in [-0.2, -0.15) is 5.10 Å². The Hall–Kier alpha value is -3.81. The van der Waals surface area contributed by atoms with Gasteiger partial charge in [0.1, 0.15) is 5.75 Å². The van der Waals surface area contributed by atoms with E-state index in [0.29, 0.717) is 17.9 Å². The van der Waals surface area contributed by atoms with Crippen LogP contribution in [0.2, 0.25) is 0 Å². The molecule has 1 heterocycles. The molecule has 0 bridgehead atoms. The molecular weight excluding hydrogens is 360 g/mol. The number of aromatic nitrogens is 2. The maximum absolute atomic E-state index is 12.4. The third kappa shape index (κ3) is 4.29. The number of nitrogens with one attached hydrogen (secondary N) is 2. The van der Waals surface area contributed by atoms with Gasteiger partial charge in [-0.15, -0.1) is 0 Å². The summed E-state index contributed by atoms with van der Waals surface area (Å²) in [5.74, 6) is -0.0976. The fourth-order valence-electron chi connectivity index (χ4n) is 2.49. The second-order valence-electron chi connectivity index (χ2n) is 5.69. The average Bonchev–Trinajstić information content (AvgIpc) is 3.18. The summed E-state index contributed by atoms with van der Waals surface area (Å²) in [5, 5.41) is 4.25. The van der Waals surface area contributed by atoms with E-state index >= 15 is 0 Å². The Morgan fingerprint density at radius 2 is 1.68 bits per heavy atom. The van der Waals surface area contributed by atoms with Crippen molar-refractivity contribution in [3.63, 3.8) is 0 Å². The van der Waals surface area contributed by atoms with E-state index in [2.05, 4.69) is 16.0 Å². The zero-order chi connectivity index (χ0) is 19.9. The molecule has 0 aliphatic rings. The van der Waals surface area contributed by atoms with Crippen molar-refractivity contribution in [3.05, 3.63) is 72.1 Å². The van der Waals surface area contributed by atoms with Gasteiger partial charge in [0, 0.05) is 5.56 Å². The Morgan fingerprint density at radius 1 is 1.00 bits per heavy atom. The van der Waals surface area contributed by atoms with Crippen LogP contribution in [0.25, 0.3) is 5.69 Å². The molecule has 0 unspecified atom stereocenters. The maximum Gasteiger partial charge on any atom is 0.294 e. The Morgan fingerprint density at radius 3 is 2.32 bits per heavy atom. The van der Waals surface area contributed by atoms with E-state index in [1.807, 2.05) is 37.3 Å². The SMILES string of the molecule is CCOc1ccc(C(=O)NNC(=O)c2nn(-c3ccccc3)cc2OC)cc1. The molecule has 3 aromatic rings. The molecule has 0 saturated heterocycles. The number of ether oxygens (including phenoxy) is 2. The highest BCUT2D eigenvalue weighted by molar-refractivity contribution is 5.99. The summed E-state index contributed by atoms with van der Waals surface area (Å²) in [6.07, 6.45) is 1.60. The van der Waals surface area contributed by atoms with Gasteiger partial charge in [-0.3, -0.25) is 20.4 Å². The normalized spacial score (nSPS) is 10.2. The number of hydrazine groups is 1. The van der Waals surface area contributed by atoms with Crippen LogP contribution in [-0.2, 0) is 0 Å². The summed E-state index contributed by atoms with van der Waals surface area (Å²) < 4.78 is 12.1. The van der Waals surface area contributed by atoms with Gasteiger partial charge in [0.2, 0.25) is 0 Å². The van der Waals surface area contributed by atoms with Crippen LogP contribution >= 0.6 is 0 Å². The molecule has 0 radical (unpaired) electrons. The van der Waals surface area contributed by atoms with Gasteiger partial charge in [0.25, 0.3) is 11.8 Å². The summed E-state index contributed by atoms with van der Waals surface area (Å²) in [7, 11) is 1.45. The first kappa shape index (κ1) is 19.0. The van der Waals surface area contributed by atoms with Gasteiger partial charge in [-0.1, -0.05) is 18.2 Å². The molecule has 28 heavy (non-hydrogen) atoms. The van der Waals surface area contributed by atoms with Crippen LogP contribution in [0.5, 0.6) is 11.5 Å². The number of carbonyl (C=O) groups excluding carboxylic acids is 2. The lowest BCUT2D eigenvalue weighted by Gasteiger charge is -2.08. The number of rotatable bonds is 6. The molecule has 0 aliphatic heterocycles. The van der Waals surface area contributed by atoms with Gasteiger partial charge >= 0.3 is 0 Å². The van der Waals surface area contributed by atoms with Gasteiger partial charge in [-0.25, -0.2) is 4.68 Å². The third-order valence-electron chi connectivity index (χ3n) is 3.85. The molecule has 0 aliphatic carbocycles. The van der Waals surface area contributed by atoms with Crippen LogP contribution in [0.15, 0.2) is 60.8 Å². The molecule has 2 N–H and O–H groups in total. The van der Waals surface area contributed by atoms with Gasteiger partial charge < -0.3 is 9.47 Å². The summed E-state index contributed by atoms with van der Waals surface area (Å²) in [4.78, 5) is 24.6. The largest absolute Gasteiger partial charge is 0.494 e. The molecular formula is C20H20N4O4. The maximum atomic E-state index is 12.4. The lowest BCUT2D eigenvalue weighted by atomic mass is 10.2. The van der Waals surface area contributed by atoms with Crippen molar-refractivity contribution >= 4 is 11.8 Å². The zero-order valence-corrected chi connectivity index (χ0v) is 15.5. The lowest BCUT2D eigenvalue weighted by molar-refractivity contribution is 0.0842. The highest BCUT2D eigenvalue weighted by atomic mass is 16.5. The van der Waals surface area contributed by atoms with Crippen molar-refractivity contribution < 1.29 is 19.1 Å². The lowest BCUT2D eigenvalue weighted by Crippen LogP contribution is -2.41. The second kappa shape index (κ2) is 8.72. The summed E-state index contributed by atoms with van der Waals surface area (Å²) >= 11 is 0. The van der Waals surface area contributed by atoms with E-state index < -0.39 is 11.8 Å². The van der Waals surface area contributed by atoms with Crippen molar-refractivity contribution in [2.45, 2.75) is 6.92 Å². The number of hydrogen-bond donors (Lipinski definition) is 2. The summed E-state index contributed by atoms with van der Waals surface area (Å²) in [5.41, 5.74) is 5.93. The number of para-hydroxylation sites is 1. The molecule has 3 rings (SSSR count). The molecule has 0 atom stereocenters. The Labute approximate surface area is 162 Å². The quantitative estimate of drug-likeness (QED) is 0.640. The molecule has 2 aromatic carbocycles. The Balaban J connectivity index is 1.67. The van der Waals surface area contributed by atoms with Gasteiger partial charge in [-0.05, 0) is 43.3 Å². The Bertz CT molecular complexity index is 952. The van der Waals surface area contributed by atoms with E-state index in [9.17, 15) is 9.59 Å². The van der Waals surface area contributed by atoms with Crippen molar-refractivity contribution in [2.24, 2.45) is 0 Å². The van der Waals surface area contributed by atoms with E-state index in [1.54, 1.807) is 30.5 Å². The van der Waals surface area contributed by atoms with Crippen LogP contribution in [-0.4, -0.2) is 35.3 Å². The number of amides is 2. The molecule has 8 heteroatoms. The first-order valence-electron chi connectivity index (χ1n) is 8.65. The minimum atomic E-state index is -0.592. The highest BCUT2D eigenvalue weighted by Crippen LogP contribution is 2.19.